The standard InChI is InChI=1S/C27H26N2O3S/c1-19-12-13-22(17-24(19)28-26(30)25-11-6-14-32-25)27(31)29(18-21-8-4-3-5-9-21)20(2)16-23-10-7-15-33-23/h3-15,17,20H,16,18H2,1-2H3,(H,28,30). The van der Waals surface area contributed by atoms with Crippen LogP contribution in [0.2, 0.25) is 0 Å². The van der Waals surface area contributed by atoms with E-state index in [1.54, 1.807) is 29.5 Å². The van der Waals surface area contributed by atoms with Gasteiger partial charge in [-0.15, -0.1) is 11.3 Å². The van der Waals surface area contributed by atoms with Gasteiger partial charge in [0.1, 0.15) is 0 Å². The monoisotopic (exact) mass is 458 g/mol. The third kappa shape index (κ3) is 5.59. The number of nitrogens with zero attached hydrogens (tertiary/aromatic N) is 1. The zero-order valence-electron chi connectivity index (χ0n) is 18.7. The van der Waals surface area contributed by atoms with Crippen LogP contribution in [-0.4, -0.2) is 22.8 Å². The van der Waals surface area contributed by atoms with E-state index in [-0.39, 0.29) is 23.6 Å². The Hall–Kier alpha value is -3.64. The van der Waals surface area contributed by atoms with Crippen LogP contribution in [0.3, 0.4) is 0 Å². The summed E-state index contributed by atoms with van der Waals surface area (Å²) < 4.78 is 5.18. The molecule has 0 fully saturated rings. The molecule has 2 aromatic heterocycles. The van der Waals surface area contributed by atoms with Gasteiger partial charge in [-0.25, -0.2) is 0 Å². The van der Waals surface area contributed by atoms with Crippen LogP contribution >= 0.6 is 11.3 Å². The number of hydrogen-bond donors (Lipinski definition) is 1. The van der Waals surface area contributed by atoms with Gasteiger partial charge in [0.05, 0.1) is 6.26 Å². The number of anilines is 1. The Labute approximate surface area is 197 Å². The van der Waals surface area contributed by atoms with E-state index < -0.39 is 0 Å². The van der Waals surface area contributed by atoms with Crippen molar-refractivity contribution in [1.82, 2.24) is 4.90 Å². The van der Waals surface area contributed by atoms with Gasteiger partial charge in [0.25, 0.3) is 11.8 Å². The Kier molecular flexibility index (Phi) is 7.05. The molecule has 0 saturated heterocycles. The Morgan fingerprint density at radius 1 is 1.03 bits per heavy atom. The number of carbonyl (C=O) groups is 2. The van der Waals surface area contributed by atoms with Crippen molar-refractivity contribution in [1.29, 1.82) is 0 Å². The number of thiophene rings is 1. The van der Waals surface area contributed by atoms with E-state index >= 15 is 0 Å². The van der Waals surface area contributed by atoms with Gasteiger partial charge in [0.2, 0.25) is 0 Å². The van der Waals surface area contributed by atoms with Crippen molar-refractivity contribution >= 4 is 28.8 Å². The molecule has 2 aromatic carbocycles. The molecule has 5 nitrogen and oxygen atoms in total. The summed E-state index contributed by atoms with van der Waals surface area (Å²) in [6.45, 7) is 4.48. The molecule has 2 heterocycles. The number of nitrogens with one attached hydrogen (secondary N) is 1. The van der Waals surface area contributed by atoms with Crippen LogP contribution in [0, 0.1) is 6.92 Å². The summed E-state index contributed by atoms with van der Waals surface area (Å²) in [5, 5.41) is 4.92. The highest BCUT2D eigenvalue weighted by molar-refractivity contribution is 7.09. The lowest BCUT2D eigenvalue weighted by molar-refractivity contribution is 0.0675. The van der Waals surface area contributed by atoms with E-state index in [9.17, 15) is 9.59 Å². The second-order valence-electron chi connectivity index (χ2n) is 8.01. The first-order chi connectivity index (χ1) is 16.0. The van der Waals surface area contributed by atoms with Crippen LogP contribution in [0.25, 0.3) is 0 Å². The van der Waals surface area contributed by atoms with Crippen molar-refractivity contribution in [3.63, 3.8) is 0 Å². The van der Waals surface area contributed by atoms with E-state index in [0.717, 1.165) is 17.5 Å². The quantitative estimate of drug-likeness (QED) is 0.343. The number of benzene rings is 2. The van der Waals surface area contributed by atoms with Crippen molar-refractivity contribution in [3.8, 4) is 0 Å². The minimum atomic E-state index is -0.347. The number of hydrogen-bond acceptors (Lipinski definition) is 4. The fourth-order valence-corrected chi connectivity index (χ4v) is 4.51. The molecular formula is C27H26N2O3S. The van der Waals surface area contributed by atoms with E-state index in [4.69, 9.17) is 4.42 Å². The predicted octanol–water partition coefficient (Wildman–Crippen LogP) is 6.18. The Morgan fingerprint density at radius 3 is 2.55 bits per heavy atom. The molecule has 0 aliphatic rings. The molecule has 4 aromatic rings. The van der Waals surface area contributed by atoms with Crippen LogP contribution in [0.15, 0.2) is 88.9 Å². The highest BCUT2D eigenvalue weighted by atomic mass is 32.1. The van der Waals surface area contributed by atoms with Crippen molar-refractivity contribution in [2.24, 2.45) is 0 Å². The molecule has 0 radical (unpaired) electrons. The molecule has 6 heteroatoms. The summed E-state index contributed by atoms with van der Waals surface area (Å²) in [5.74, 6) is -0.197. The predicted molar refractivity (Wildman–Crippen MR) is 132 cm³/mol. The van der Waals surface area contributed by atoms with Gasteiger partial charge in [-0.1, -0.05) is 42.5 Å². The van der Waals surface area contributed by atoms with Crippen molar-refractivity contribution in [2.45, 2.75) is 32.9 Å². The van der Waals surface area contributed by atoms with E-state index in [1.807, 2.05) is 60.4 Å². The van der Waals surface area contributed by atoms with E-state index in [0.29, 0.717) is 17.8 Å². The van der Waals surface area contributed by atoms with Crippen molar-refractivity contribution in [2.75, 3.05) is 5.32 Å². The maximum atomic E-state index is 13.7. The van der Waals surface area contributed by atoms with Gasteiger partial charge in [0, 0.05) is 35.1 Å². The minimum Gasteiger partial charge on any atom is -0.459 e. The maximum absolute atomic E-state index is 13.7. The number of carbonyl (C=O) groups excluding carboxylic acids is 2. The molecule has 1 atom stereocenters. The van der Waals surface area contributed by atoms with Gasteiger partial charge in [-0.05, 0) is 60.7 Å². The SMILES string of the molecule is Cc1ccc(C(=O)N(Cc2ccccc2)C(C)Cc2cccs2)cc1NC(=O)c1ccco1. The minimum absolute atomic E-state index is 0.00109. The average molecular weight is 459 g/mol. The number of amides is 2. The summed E-state index contributed by atoms with van der Waals surface area (Å²) in [4.78, 5) is 29.3. The first-order valence-electron chi connectivity index (χ1n) is 10.8. The molecule has 0 spiro atoms. The lowest BCUT2D eigenvalue weighted by Crippen LogP contribution is -2.39. The fraction of sp³-hybridized carbons (Fsp3) is 0.185. The van der Waals surface area contributed by atoms with E-state index in [2.05, 4.69) is 23.7 Å². The molecule has 0 bridgehead atoms. The fourth-order valence-electron chi connectivity index (χ4n) is 3.69. The normalized spacial score (nSPS) is 11.7. The molecule has 0 saturated carbocycles. The summed E-state index contributed by atoms with van der Waals surface area (Å²) in [6, 6.07) is 22.8. The van der Waals surface area contributed by atoms with Gasteiger partial charge >= 0.3 is 0 Å². The van der Waals surface area contributed by atoms with Gasteiger partial charge < -0.3 is 14.6 Å². The molecule has 1 N–H and O–H groups in total. The van der Waals surface area contributed by atoms with Crippen LogP contribution < -0.4 is 5.32 Å². The van der Waals surface area contributed by atoms with Gasteiger partial charge in [-0.3, -0.25) is 9.59 Å². The van der Waals surface area contributed by atoms with Crippen LogP contribution in [0.5, 0.6) is 0 Å². The van der Waals surface area contributed by atoms with Crippen molar-refractivity contribution in [3.05, 3.63) is 112 Å². The lowest BCUT2D eigenvalue weighted by Gasteiger charge is -2.30. The number of aryl methyl sites for hydroxylation is 1. The third-order valence-electron chi connectivity index (χ3n) is 5.54. The van der Waals surface area contributed by atoms with Crippen LogP contribution in [0.4, 0.5) is 5.69 Å². The average Bonchev–Trinajstić information content (AvgIpc) is 3.54. The topological polar surface area (TPSA) is 62.6 Å². The smallest absolute Gasteiger partial charge is 0.291 e. The molecule has 33 heavy (non-hydrogen) atoms. The first kappa shape index (κ1) is 22.6. The third-order valence-corrected chi connectivity index (χ3v) is 6.44. The van der Waals surface area contributed by atoms with E-state index in [1.165, 1.54) is 11.1 Å². The molecule has 4 rings (SSSR count). The summed E-state index contributed by atoms with van der Waals surface area (Å²) in [5.41, 5.74) is 3.06. The van der Waals surface area contributed by atoms with Gasteiger partial charge in [-0.2, -0.15) is 0 Å². The number of furan rings is 1. The summed E-state index contributed by atoms with van der Waals surface area (Å²) in [6.07, 6.45) is 2.24. The first-order valence-corrected chi connectivity index (χ1v) is 11.7. The second kappa shape index (κ2) is 10.3. The molecule has 0 aliphatic carbocycles. The van der Waals surface area contributed by atoms with Crippen molar-refractivity contribution < 1.29 is 14.0 Å². The summed E-state index contributed by atoms with van der Waals surface area (Å²) >= 11 is 1.70. The molecule has 0 aliphatic heterocycles. The highest BCUT2D eigenvalue weighted by Crippen LogP contribution is 2.23. The lowest BCUT2D eigenvalue weighted by atomic mass is 10.1. The Morgan fingerprint density at radius 2 is 1.85 bits per heavy atom. The highest BCUT2D eigenvalue weighted by Gasteiger charge is 2.23. The van der Waals surface area contributed by atoms with Crippen LogP contribution in [0.1, 0.15) is 43.8 Å². The molecule has 168 valence electrons. The summed E-state index contributed by atoms with van der Waals surface area (Å²) in [7, 11) is 0. The molecule has 2 amide bonds. The molecule has 1 unspecified atom stereocenters. The zero-order valence-corrected chi connectivity index (χ0v) is 19.5. The zero-order chi connectivity index (χ0) is 23.2. The number of rotatable bonds is 8. The van der Waals surface area contributed by atoms with Crippen LogP contribution in [-0.2, 0) is 13.0 Å². The maximum Gasteiger partial charge on any atom is 0.291 e. The molecular weight excluding hydrogens is 432 g/mol. The Bertz CT molecular complexity index is 1200. The Balaban J connectivity index is 1.60. The van der Waals surface area contributed by atoms with Gasteiger partial charge in [0.15, 0.2) is 5.76 Å². The second-order valence-corrected chi connectivity index (χ2v) is 9.04. The largest absolute Gasteiger partial charge is 0.459 e.